The van der Waals surface area contributed by atoms with E-state index in [1.165, 1.54) is 5.56 Å². The number of benzene rings is 2. The summed E-state index contributed by atoms with van der Waals surface area (Å²) in [6, 6.07) is 14.4. The minimum atomic E-state index is -3.55. The van der Waals surface area contributed by atoms with Gasteiger partial charge in [-0.15, -0.1) is 0 Å². The molecule has 0 bridgehead atoms. The molecule has 0 aliphatic rings. The SMILES string of the molecule is CCc1ccc(S(=O)(=O)NCC(N)c2ccccc2)cc1CC. The van der Waals surface area contributed by atoms with Crippen LogP contribution in [-0.4, -0.2) is 15.0 Å². The monoisotopic (exact) mass is 332 g/mol. The zero-order valence-electron chi connectivity index (χ0n) is 13.6. The number of hydrogen-bond donors (Lipinski definition) is 2. The van der Waals surface area contributed by atoms with Crippen molar-refractivity contribution in [1.82, 2.24) is 4.72 Å². The van der Waals surface area contributed by atoms with E-state index in [4.69, 9.17) is 5.73 Å². The van der Waals surface area contributed by atoms with Gasteiger partial charge >= 0.3 is 0 Å². The molecule has 0 heterocycles. The van der Waals surface area contributed by atoms with Crippen LogP contribution in [0.25, 0.3) is 0 Å². The van der Waals surface area contributed by atoms with E-state index in [9.17, 15) is 8.42 Å². The number of rotatable bonds is 7. The van der Waals surface area contributed by atoms with Crippen LogP contribution < -0.4 is 10.5 Å². The van der Waals surface area contributed by atoms with Crippen LogP contribution in [0.4, 0.5) is 0 Å². The Kier molecular flexibility index (Phi) is 5.93. The van der Waals surface area contributed by atoms with Crippen molar-refractivity contribution in [3.63, 3.8) is 0 Å². The lowest BCUT2D eigenvalue weighted by atomic mass is 10.0. The summed E-state index contributed by atoms with van der Waals surface area (Å²) in [7, 11) is -3.55. The zero-order chi connectivity index (χ0) is 16.9. The molecule has 0 aromatic heterocycles. The minimum absolute atomic E-state index is 0.170. The molecule has 1 unspecified atom stereocenters. The highest BCUT2D eigenvalue weighted by Crippen LogP contribution is 2.18. The molecule has 1 atom stereocenters. The van der Waals surface area contributed by atoms with E-state index in [1.807, 2.05) is 43.3 Å². The first-order chi connectivity index (χ1) is 11.0. The third-order valence-electron chi connectivity index (χ3n) is 3.97. The predicted molar refractivity (Wildman–Crippen MR) is 93.8 cm³/mol. The van der Waals surface area contributed by atoms with Gasteiger partial charge in [0.05, 0.1) is 4.90 Å². The highest BCUT2D eigenvalue weighted by atomic mass is 32.2. The van der Waals surface area contributed by atoms with Crippen LogP contribution >= 0.6 is 0 Å². The summed E-state index contributed by atoms with van der Waals surface area (Å²) >= 11 is 0. The Bertz CT molecular complexity index is 743. The van der Waals surface area contributed by atoms with E-state index >= 15 is 0 Å². The van der Waals surface area contributed by atoms with Crippen molar-refractivity contribution < 1.29 is 8.42 Å². The molecular weight excluding hydrogens is 308 g/mol. The van der Waals surface area contributed by atoms with Gasteiger partial charge in [-0.3, -0.25) is 0 Å². The molecule has 3 N–H and O–H groups in total. The van der Waals surface area contributed by atoms with Crippen LogP contribution in [0.15, 0.2) is 53.4 Å². The Labute approximate surface area is 138 Å². The summed E-state index contributed by atoms with van der Waals surface area (Å²) in [6.07, 6.45) is 1.71. The van der Waals surface area contributed by atoms with Crippen LogP contribution in [-0.2, 0) is 22.9 Å². The Morgan fingerprint density at radius 3 is 2.26 bits per heavy atom. The summed E-state index contributed by atoms with van der Waals surface area (Å²) in [6.45, 7) is 4.27. The lowest BCUT2D eigenvalue weighted by Gasteiger charge is -2.14. The Morgan fingerprint density at radius 1 is 1.00 bits per heavy atom. The number of sulfonamides is 1. The molecule has 23 heavy (non-hydrogen) atoms. The fourth-order valence-corrected chi connectivity index (χ4v) is 3.65. The van der Waals surface area contributed by atoms with Crippen LogP contribution in [0.1, 0.15) is 36.6 Å². The maximum absolute atomic E-state index is 12.5. The van der Waals surface area contributed by atoms with Gasteiger partial charge in [-0.25, -0.2) is 13.1 Å². The van der Waals surface area contributed by atoms with E-state index in [-0.39, 0.29) is 12.6 Å². The van der Waals surface area contributed by atoms with Gasteiger partial charge in [0.15, 0.2) is 0 Å². The molecule has 124 valence electrons. The molecule has 0 amide bonds. The maximum Gasteiger partial charge on any atom is 0.240 e. The van der Waals surface area contributed by atoms with Crippen LogP contribution in [0.3, 0.4) is 0 Å². The van der Waals surface area contributed by atoms with Gasteiger partial charge in [-0.05, 0) is 41.7 Å². The highest BCUT2D eigenvalue weighted by Gasteiger charge is 2.17. The van der Waals surface area contributed by atoms with Crippen molar-refractivity contribution in [3.05, 3.63) is 65.2 Å². The van der Waals surface area contributed by atoms with Crippen LogP contribution in [0.5, 0.6) is 0 Å². The Hall–Kier alpha value is -1.69. The second-order valence-corrected chi connectivity index (χ2v) is 7.27. The van der Waals surface area contributed by atoms with Crippen LogP contribution in [0, 0.1) is 0 Å². The average molecular weight is 332 g/mol. The van der Waals surface area contributed by atoms with Crippen molar-refractivity contribution in [2.24, 2.45) is 5.73 Å². The van der Waals surface area contributed by atoms with E-state index in [2.05, 4.69) is 11.6 Å². The van der Waals surface area contributed by atoms with E-state index in [1.54, 1.807) is 12.1 Å². The average Bonchev–Trinajstić information content (AvgIpc) is 2.59. The lowest BCUT2D eigenvalue weighted by Crippen LogP contribution is -2.32. The molecule has 5 heteroatoms. The normalized spacial score (nSPS) is 13.0. The maximum atomic E-state index is 12.5. The first-order valence-corrected chi connectivity index (χ1v) is 9.38. The van der Waals surface area contributed by atoms with Crippen LogP contribution in [0.2, 0.25) is 0 Å². The largest absolute Gasteiger partial charge is 0.323 e. The number of aryl methyl sites for hydroxylation is 2. The standard InChI is InChI=1S/C18H24N2O2S/c1-3-14-10-11-17(12-15(14)4-2)23(21,22)20-13-18(19)16-8-6-5-7-9-16/h5-12,18,20H,3-4,13,19H2,1-2H3. The highest BCUT2D eigenvalue weighted by molar-refractivity contribution is 7.89. The van der Waals surface area contributed by atoms with Crippen molar-refractivity contribution in [1.29, 1.82) is 0 Å². The van der Waals surface area contributed by atoms with Crippen molar-refractivity contribution in [2.75, 3.05) is 6.54 Å². The second kappa shape index (κ2) is 7.73. The molecule has 0 aliphatic heterocycles. The molecule has 4 nitrogen and oxygen atoms in total. The van der Waals surface area contributed by atoms with Gasteiger partial charge in [-0.2, -0.15) is 0 Å². The smallest absolute Gasteiger partial charge is 0.240 e. The van der Waals surface area contributed by atoms with Gasteiger partial charge in [0.25, 0.3) is 0 Å². The van der Waals surface area contributed by atoms with Crippen molar-refractivity contribution >= 4 is 10.0 Å². The quantitative estimate of drug-likeness (QED) is 0.819. The van der Waals surface area contributed by atoms with E-state index in [0.717, 1.165) is 24.0 Å². The molecule has 0 saturated carbocycles. The third kappa shape index (κ3) is 4.41. The number of nitrogens with two attached hydrogens (primary N) is 1. The predicted octanol–water partition coefficient (Wildman–Crippen LogP) is 2.79. The lowest BCUT2D eigenvalue weighted by molar-refractivity contribution is 0.572. The zero-order valence-corrected chi connectivity index (χ0v) is 14.4. The molecule has 0 radical (unpaired) electrons. The molecule has 2 aromatic rings. The molecule has 0 aliphatic carbocycles. The minimum Gasteiger partial charge on any atom is -0.323 e. The van der Waals surface area contributed by atoms with Gasteiger partial charge in [0, 0.05) is 12.6 Å². The molecule has 2 aromatic carbocycles. The first kappa shape index (κ1) is 17.7. The van der Waals surface area contributed by atoms with E-state index in [0.29, 0.717) is 4.90 Å². The Balaban J connectivity index is 2.13. The summed E-state index contributed by atoms with van der Waals surface area (Å²) in [5.41, 5.74) is 9.22. The van der Waals surface area contributed by atoms with Crippen molar-refractivity contribution in [3.8, 4) is 0 Å². The van der Waals surface area contributed by atoms with Gasteiger partial charge in [0.2, 0.25) is 10.0 Å². The van der Waals surface area contributed by atoms with Gasteiger partial charge in [-0.1, -0.05) is 50.2 Å². The van der Waals surface area contributed by atoms with Crippen molar-refractivity contribution in [2.45, 2.75) is 37.6 Å². The van der Waals surface area contributed by atoms with Gasteiger partial charge in [0.1, 0.15) is 0 Å². The summed E-state index contributed by atoms with van der Waals surface area (Å²) < 4.78 is 27.5. The summed E-state index contributed by atoms with van der Waals surface area (Å²) in [5.74, 6) is 0. The summed E-state index contributed by atoms with van der Waals surface area (Å²) in [4.78, 5) is 0.298. The molecule has 0 spiro atoms. The topological polar surface area (TPSA) is 72.2 Å². The second-order valence-electron chi connectivity index (χ2n) is 5.51. The molecule has 0 saturated heterocycles. The van der Waals surface area contributed by atoms with E-state index < -0.39 is 10.0 Å². The fraction of sp³-hybridized carbons (Fsp3) is 0.333. The summed E-state index contributed by atoms with van der Waals surface area (Å²) in [5, 5.41) is 0. The fourth-order valence-electron chi connectivity index (χ4n) is 2.54. The van der Waals surface area contributed by atoms with Gasteiger partial charge < -0.3 is 5.73 Å². The molecular formula is C18H24N2O2S. The molecule has 2 rings (SSSR count). The molecule has 0 fully saturated rings. The number of nitrogens with one attached hydrogen (secondary N) is 1. The third-order valence-corrected chi connectivity index (χ3v) is 5.39. The Morgan fingerprint density at radius 2 is 1.65 bits per heavy atom. The number of hydrogen-bond acceptors (Lipinski definition) is 3. The first-order valence-electron chi connectivity index (χ1n) is 7.90.